The Labute approximate surface area is 160 Å². The van der Waals surface area contributed by atoms with Crippen LogP contribution in [0.1, 0.15) is 89.7 Å². The predicted octanol–water partition coefficient (Wildman–Crippen LogP) is 6.95. The molecule has 1 aromatic rings. The van der Waals surface area contributed by atoms with Crippen LogP contribution in [0.4, 0.5) is 0 Å². The molecule has 0 saturated heterocycles. The van der Waals surface area contributed by atoms with Crippen molar-refractivity contribution >= 4 is 11.4 Å². The topological polar surface area (TPSA) is 24.7 Å². The fraction of sp³-hybridized carbons (Fsp3) is 0.583. The monoisotopic (exact) mass is 352 g/mol. The Hall–Kier alpha value is -1.70. The van der Waals surface area contributed by atoms with Crippen LogP contribution in [0.3, 0.4) is 0 Å². The molecule has 1 fully saturated rings. The van der Waals surface area contributed by atoms with Crippen molar-refractivity contribution in [1.82, 2.24) is 0 Å². The third-order valence-corrected chi connectivity index (χ3v) is 5.49. The molecule has 0 radical (unpaired) electrons. The van der Waals surface area contributed by atoms with Crippen molar-refractivity contribution in [3.05, 3.63) is 47.2 Å². The first kappa shape index (κ1) is 20.6. The zero-order valence-electron chi connectivity index (χ0n) is 17.4. The molecule has 1 aliphatic carbocycles. The fourth-order valence-electron chi connectivity index (χ4n) is 3.94. The van der Waals surface area contributed by atoms with Gasteiger partial charge in [0.15, 0.2) is 0 Å². The average Bonchev–Trinajstić information content (AvgIpc) is 2.94. The van der Waals surface area contributed by atoms with E-state index in [0.717, 1.165) is 29.5 Å². The van der Waals surface area contributed by atoms with Gasteiger partial charge in [0.1, 0.15) is 0 Å². The maximum Gasteiger partial charge on any atom is 0.0800 e. The third-order valence-electron chi connectivity index (χ3n) is 5.49. The Balaban J connectivity index is 2.28. The highest BCUT2D eigenvalue weighted by atomic mass is 14.8. The Morgan fingerprint density at radius 2 is 1.69 bits per heavy atom. The van der Waals surface area contributed by atoms with E-state index in [-0.39, 0.29) is 0 Å². The lowest BCUT2D eigenvalue weighted by molar-refractivity contribution is 0.592. The third kappa shape index (κ3) is 5.40. The molecule has 1 aliphatic rings. The van der Waals surface area contributed by atoms with Crippen molar-refractivity contribution in [3.63, 3.8) is 0 Å². The predicted molar refractivity (Wildman–Crippen MR) is 116 cm³/mol. The number of hydrogen-bond donors (Lipinski definition) is 0. The number of rotatable bonds is 6. The molecule has 26 heavy (non-hydrogen) atoms. The molecule has 0 unspecified atom stereocenters. The summed E-state index contributed by atoms with van der Waals surface area (Å²) in [6.07, 6.45) is 11.3. The van der Waals surface area contributed by atoms with Crippen LogP contribution < -0.4 is 0 Å². The lowest BCUT2D eigenvalue weighted by atomic mass is 9.90. The standard InChI is InChI=1S/C24H36N2/c1-6-22(25-5)23(7-2)26-24(18(3)4)21-16-14-20(15-17-21)19-12-10-8-9-11-13-19/h7,14-19H,6,8-13H2,1-5H3/b23-7+,25-22?,26-24?. The van der Waals surface area contributed by atoms with E-state index < -0.39 is 0 Å². The van der Waals surface area contributed by atoms with Gasteiger partial charge < -0.3 is 0 Å². The minimum absolute atomic E-state index is 0.378. The Morgan fingerprint density at radius 1 is 1.08 bits per heavy atom. The SMILES string of the molecule is C/C=C(/N=C(c1ccc(C2CCCCCC2)cc1)C(C)C)C(CC)=NC. The molecular weight excluding hydrogens is 316 g/mol. The van der Waals surface area contributed by atoms with Crippen molar-refractivity contribution in [1.29, 1.82) is 0 Å². The van der Waals surface area contributed by atoms with Crippen LogP contribution in [0.25, 0.3) is 0 Å². The van der Waals surface area contributed by atoms with Gasteiger partial charge in [-0.3, -0.25) is 9.98 Å². The minimum atomic E-state index is 0.378. The molecule has 0 N–H and O–H groups in total. The number of allylic oxidation sites excluding steroid dienone is 2. The molecule has 142 valence electrons. The van der Waals surface area contributed by atoms with Gasteiger partial charge in [-0.25, -0.2) is 0 Å². The van der Waals surface area contributed by atoms with Crippen LogP contribution in [0.5, 0.6) is 0 Å². The Morgan fingerprint density at radius 3 is 2.15 bits per heavy atom. The molecule has 0 aromatic heterocycles. The summed E-state index contributed by atoms with van der Waals surface area (Å²) in [6.45, 7) is 8.63. The van der Waals surface area contributed by atoms with Gasteiger partial charge in [0.25, 0.3) is 0 Å². The molecule has 1 saturated carbocycles. The highest BCUT2D eigenvalue weighted by Gasteiger charge is 2.16. The molecule has 0 amide bonds. The number of nitrogens with zero attached hydrogens (tertiary/aromatic N) is 2. The highest BCUT2D eigenvalue weighted by molar-refractivity contribution is 6.07. The summed E-state index contributed by atoms with van der Waals surface area (Å²) in [5, 5.41) is 0. The van der Waals surface area contributed by atoms with Gasteiger partial charge in [0.2, 0.25) is 0 Å². The summed E-state index contributed by atoms with van der Waals surface area (Å²) < 4.78 is 0. The van der Waals surface area contributed by atoms with Crippen molar-refractivity contribution in [2.75, 3.05) is 7.05 Å². The maximum atomic E-state index is 5.01. The van der Waals surface area contributed by atoms with Gasteiger partial charge in [0.05, 0.1) is 17.1 Å². The molecule has 0 bridgehead atoms. The van der Waals surface area contributed by atoms with Crippen LogP contribution in [0.15, 0.2) is 46.0 Å². The highest BCUT2D eigenvalue weighted by Crippen LogP contribution is 2.31. The van der Waals surface area contributed by atoms with Crippen LogP contribution in [-0.4, -0.2) is 18.5 Å². The van der Waals surface area contributed by atoms with Crippen molar-refractivity contribution in [3.8, 4) is 0 Å². The van der Waals surface area contributed by atoms with Gasteiger partial charge in [-0.2, -0.15) is 0 Å². The summed E-state index contributed by atoms with van der Waals surface area (Å²) in [5.74, 6) is 1.12. The van der Waals surface area contributed by atoms with E-state index in [1.165, 1.54) is 49.7 Å². The Kier molecular flexibility index (Phi) is 8.28. The summed E-state index contributed by atoms with van der Waals surface area (Å²) in [4.78, 5) is 9.42. The smallest absolute Gasteiger partial charge is 0.0800 e. The first-order valence-corrected chi connectivity index (χ1v) is 10.4. The zero-order valence-corrected chi connectivity index (χ0v) is 17.4. The van der Waals surface area contributed by atoms with Gasteiger partial charge in [-0.1, -0.05) is 76.8 Å². The number of hydrogen-bond acceptors (Lipinski definition) is 2. The summed E-state index contributed by atoms with van der Waals surface area (Å²) in [5.41, 5.74) is 5.98. The normalized spacial score (nSPS) is 18.3. The van der Waals surface area contributed by atoms with Crippen molar-refractivity contribution in [2.45, 2.75) is 78.6 Å². The average molecular weight is 353 g/mol. The molecule has 0 heterocycles. The van der Waals surface area contributed by atoms with Crippen LogP contribution >= 0.6 is 0 Å². The summed E-state index contributed by atoms with van der Waals surface area (Å²) in [6, 6.07) is 9.24. The van der Waals surface area contributed by atoms with E-state index in [9.17, 15) is 0 Å². The van der Waals surface area contributed by atoms with Crippen molar-refractivity contribution < 1.29 is 0 Å². The van der Waals surface area contributed by atoms with E-state index in [1.54, 1.807) is 0 Å². The second-order valence-electron chi connectivity index (χ2n) is 7.66. The van der Waals surface area contributed by atoms with E-state index in [2.05, 4.69) is 56.1 Å². The molecule has 0 aliphatic heterocycles. The van der Waals surface area contributed by atoms with E-state index in [0.29, 0.717) is 5.92 Å². The molecule has 0 spiro atoms. The zero-order chi connectivity index (χ0) is 18.9. The van der Waals surface area contributed by atoms with Crippen LogP contribution in [-0.2, 0) is 0 Å². The number of aliphatic imine (C=N–C) groups is 2. The van der Waals surface area contributed by atoms with Gasteiger partial charge in [0, 0.05) is 7.05 Å². The van der Waals surface area contributed by atoms with Gasteiger partial charge in [-0.15, -0.1) is 0 Å². The molecule has 2 nitrogen and oxygen atoms in total. The largest absolute Gasteiger partial charge is 0.291 e. The quantitative estimate of drug-likeness (QED) is 0.391. The first-order chi connectivity index (χ1) is 12.6. The molecule has 2 heteroatoms. The van der Waals surface area contributed by atoms with E-state index in [4.69, 9.17) is 4.99 Å². The second-order valence-corrected chi connectivity index (χ2v) is 7.66. The van der Waals surface area contributed by atoms with Crippen LogP contribution in [0.2, 0.25) is 0 Å². The lowest BCUT2D eigenvalue weighted by Gasteiger charge is -2.17. The number of benzene rings is 1. The Bertz CT molecular complexity index is 639. The molecular formula is C24H36N2. The lowest BCUT2D eigenvalue weighted by Crippen LogP contribution is -2.12. The summed E-state index contributed by atoms with van der Waals surface area (Å²) >= 11 is 0. The molecule has 0 atom stereocenters. The maximum absolute atomic E-state index is 5.01. The minimum Gasteiger partial charge on any atom is -0.291 e. The molecule has 2 rings (SSSR count). The van der Waals surface area contributed by atoms with E-state index in [1.807, 2.05) is 14.0 Å². The van der Waals surface area contributed by atoms with Gasteiger partial charge >= 0.3 is 0 Å². The van der Waals surface area contributed by atoms with Crippen molar-refractivity contribution in [2.24, 2.45) is 15.9 Å². The summed E-state index contributed by atoms with van der Waals surface area (Å²) in [7, 11) is 1.86. The second kappa shape index (κ2) is 10.4. The van der Waals surface area contributed by atoms with E-state index >= 15 is 0 Å². The fourth-order valence-corrected chi connectivity index (χ4v) is 3.94. The molecule has 1 aromatic carbocycles. The van der Waals surface area contributed by atoms with Crippen LogP contribution in [0, 0.1) is 5.92 Å². The van der Waals surface area contributed by atoms with Gasteiger partial charge in [-0.05, 0) is 49.1 Å². The first-order valence-electron chi connectivity index (χ1n) is 10.4.